The lowest BCUT2D eigenvalue weighted by Crippen LogP contribution is -2.54. The fourth-order valence-corrected chi connectivity index (χ4v) is 5.75. The van der Waals surface area contributed by atoms with Crippen LogP contribution in [0.25, 0.3) is 0 Å². The maximum atomic E-state index is 12.9. The summed E-state index contributed by atoms with van der Waals surface area (Å²) in [5.41, 5.74) is -0.0948. The van der Waals surface area contributed by atoms with Crippen molar-refractivity contribution in [2.45, 2.75) is 29.7 Å². The molecule has 1 fully saturated rings. The predicted octanol–water partition coefficient (Wildman–Crippen LogP) is 6.35. The summed E-state index contributed by atoms with van der Waals surface area (Å²) in [4.78, 5) is 0. The van der Waals surface area contributed by atoms with Crippen molar-refractivity contribution in [3.63, 3.8) is 0 Å². The number of aliphatic hydroxyl groups is 2. The zero-order valence-corrected chi connectivity index (χ0v) is 22.7. The molecule has 0 saturated carbocycles. The van der Waals surface area contributed by atoms with Crippen molar-refractivity contribution in [3.8, 4) is 5.75 Å². The van der Waals surface area contributed by atoms with Gasteiger partial charge in [0.1, 0.15) is 29.2 Å². The van der Waals surface area contributed by atoms with Crippen molar-refractivity contribution in [3.05, 3.63) is 173 Å². The summed E-state index contributed by atoms with van der Waals surface area (Å²) in [6.45, 7) is 0. The Labute approximate surface area is 240 Å². The standard InChI is InChI=1S/C36H32O5/c1-39-31-24-22-26(23-25-31)34-40-32(35(37,27-14-6-2-7-15-27)28-16-8-3-9-17-28)33(41-34)36(38,29-18-10-4-11-19-29)30-20-12-5-13-21-30/h2-25,32-34,37-38H,1H3/t32-,33-/m0/s1. The Morgan fingerprint density at radius 3 is 1.10 bits per heavy atom. The van der Waals surface area contributed by atoms with Crippen molar-refractivity contribution in [2.24, 2.45) is 0 Å². The maximum absolute atomic E-state index is 12.9. The number of hydrogen-bond donors (Lipinski definition) is 2. The first kappa shape index (κ1) is 26.9. The number of rotatable bonds is 8. The lowest BCUT2D eigenvalue weighted by atomic mass is 9.72. The van der Waals surface area contributed by atoms with Gasteiger partial charge in [-0.3, -0.25) is 0 Å². The van der Waals surface area contributed by atoms with Crippen LogP contribution in [-0.2, 0) is 20.7 Å². The van der Waals surface area contributed by atoms with Crippen molar-refractivity contribution in [1.82, 2.24) is 0 Å². The summed E-state index contributed by atoms with van der Waals surface area (Å²) in [5.74, 6) is 0.704. The highest BCUT2D eigenvalue weighted by molar-refractivity contribution is 5.43. The van der Waals surface area contributed by atoms with Crippen LogP contribution in [0.2, 0.25) is 0 Å². The van der Waals surface area contributed by atoms with Crippen LogP contribution in [0.3, 0.4) is 0 Å². The lowest BCUT2D eigenvalue weighted by Gasteiger charge is -2.42. The van der Waals surface area contributed by atoms with Crippen LogP contribution in [0.4, 0.5) is 0 Å². The van der Waals surface area contributed by atoms with E-state index in [1.165, 1.54) is 0 Å². The summed E-state index contributed by atoms with van der Waals surface area (Å²) >= 11 is 0. The molecule has 5 heteroatoms. The molecule has 5 nitrogen and oxygen atoms in total. The van der Waals surface area contributed by atoms with Crippen LogP contribution in [0.15, 0.2) is 146 Å². The van der Waals surface area contributed by atoms with Gasteiger partial charge in [0, 0.05) is 5.56 Å². The van der Waals surface area contributed by atoms with Crippen molar-refractivity contribution in [2.75, 3.05) is 7.11 Å². The third-order valence-electron chi connectivity index (χ3n) is 7.88. The van der Waals surface area contributed by atoms with E-state index in [0.29, 0.717) is 28.0 Å². The molecule has 2 N–H and O–H groups in total. The third kappa shape index (κ3) is 4.83. The minimum absolute atomic E-state index is 0.628. The smallest absolute Gasteiger partial charge is 0.185 e. The predicted molar refractivity (Wildman–Crippen MR) is 157 cm³/mol. The highest BCUT2D eigenvalue weighted by Gasteiger charge is 2.59. The Balaban J connectivity index is 1.58. The van der Waals surface area contributed by atoms with Gasteiger partial charge in [0.15, 0.2) is 6.29 Å². The second-order valence-electron chi connectivity index (χ2n) is 10.2. The normalized spacial score (nSPS) is 17.8. The Morgan fingerprint density at radius 2 is 0.805 bits per heavy atom. The van der Waals surface area contributed by atoms with Gasteiger partial charge in [-0.15, -0.1) is 0 Å². The molecular weight excluding hydrogens is 512 g/mol. The van der Waals surface area contributed by atoms with Crippen LogP contribution in [0, 0.1) is 0 Å². The highest BCUT2D eigenvalue weighted by atomic mass is 16.7. The minimum Gasteiger partial charge on any atom is -0.497 e. The van der Waals surface area contributed by atoms with E-state index in [-0.39, 0.29) is 0 Å². The van der Waals surface area contributed by atoms with Crippen molar-refractivity contribution in [1.29, 1.82) is 0 Å². The fraction of sp³-hybridized carbons (Fsp3) is 0.167. The first-order valence-electron chi connectivity index (χ1n) is 13.7. The Morgan fingerprint density at radius 1 is 0.488 bits per heavy atom. The van der Waals surface area contributed by atoms with Gasteiger partial charge in [0.2, 0.25) is 0 Å². The van der Waals surface area contributed by atoms with Crippen LogP contribution < -0.4 is 4.74 Å². The molecule has 1 heterocycles. The van der Waals surface area contributed by atoms with Crippen LogP contribution >= 0.6 is 0 Å². The largest absolute Gasteiger partial charge is 0.497 e. The van der Waals surface area contributed by atoms with Gasteiger partial charge < -0.3 is 24.4 Å². The van der Waals surface area contributed by atoms with Crippen LogP contribution in [0.5, 0.6) is 5.75 Å². The first-order chi connectivity index (χ1) is 20.0. The average Bonchev–Trinajstić information content (AvgIpc) is 3.52. The number of hydrogen-bond acceptors (Lipinski definition) is 5. The zero-order valence-electron chi connectivity index (χ0n) is 22.7. The molecule has 206 valence electrons. The summed E-state index contributed by atoms with van der Waals surface area (Å²) in [7, 11) is 1.61. The van der Waals surface area contributed by atoms with E-state index in [1.54, 1.807) is 7.11 Å². The van der Waals surface area contributed by atoms with Gasteiger partial charge in [0.05, 0.1) is 7.11 Å². The molecule has 0 amide bonds. The molecule has 0 aliphatic carbocycles. The molecule has 0 unspecified atom stereocenters. The molecule has 2 atom stereocenters. The van der Waals surface area contributed by atoms with E-state index in [4.69, 9.17) is 14.2 Å². The third-order valence-corrected chi connectivity index (χ3v) is 7.88. The quantitative estimate of drug-likeness (QED) is 0.238. The van der Waals surface area contributed by atoms with Gasteiger partial charge in [-0.2, -0.15) is 0 Å². The van der Waals surface area contributed by atoms with Gasteiger partial charge >= 0.3 is 0 Å². The lowest BCUT2D eigenvalue weighted by molar-refractivity contribution is -0.110. The summed E-state index contributed by atoms with van der Waals surface area (Å²) in [5, 5.41) is 25.8. The molecule has 6 rings (SSSR count). The molecule has 5 aromatic rings. The molecule has 41 heavy (non-hydrogen) atoms. The number of ether oxygens (including phenoxy) is 3. The van der Waals surface area contributed by atoms with Gasteiger partial charge in [-0.25, -0.2) is 0 Å². The molecular formula is C36H32O5. The van der Waals surface area contributed by atoms with Crippen LogP contribution in [0.1, 0.15) is 34.1 Å². The second kappa shape index (κ2) is 11.3. The summed E-state index contributed by atoms with van der Waals surface area (Å²) in [6, 6.07) is 45.1. The first-order valence-corrected chi connectivity index (χ1v) is 13.7. The minimum atomic E-state index is -1.67. The van der Waals surface area contributed by atoms with Crippen molar-refractivity contribution >= 4 is 0 Å². The SMILES string of the molecule is COc1ccc(C2O[C@H](C(O)(c3ccccc3)c3ccccc3)[C@@H](C(O)(c3ccccc3)c3ccccc3)O2)cc1. The maximum Gasteiger partial charge on any atom is 0.185 e. The van der Waals surface area contributed by atoms with E-state index in [9.17, 15) is 10.2 Å². The molecule has 0 radical (unpaired) electrons. The number of methoxy groups -OCH3 is 1. The molecule has 1 aliphatic heterocycles. The van der Waals surface area contributed by atoms with Crippen LogP contribution in [-0.4, -0.2) is 29.5 Å². The highest BCUT2D eigenvalue weighted by Crippen LogP contribution is 2.50. The van der Waals surface area contributed by atoms with E-state index in [2.05, 4.69) is 0 Å². The monoisotopic (exact) mass is 544 g/mol. The van der Waals surface area contributed by atoms with E-state index >= 15 is 0 Å². The molecule has 0 spiro atoms. The Kier molecular flexibility index (Phi) is 7.43. The zero-order chi connectivity index (χ0) is 28.3. The average molecular weight is 545 g/mol. The topological polar surface area (TPSA) is 68.2 Å². The second-order valence-corrected chi connectivity index (χ2v) is 10.2. The Hall–Kier alpha value is -4.26. The van der Waals surface area contributed by atoms with Gasteiger partial charge in [-0.1, -0.05) is 133 Å². The molecule has 0 aromatic heterocycles. The fourth-order valence-electron chi connectivity index (χ4n) is 5.75. The van der Waals surface area contributed by atoms with Gasteiger partial charge in [0.25, 0.3) is 0 Å². The van der Waals surface area contributed by atoms with E-state index in [0.717, 1.165) is 5.56 Å². The van der Waals surface area contributed by atoms with E-state index in [1.807, 2.05) is 146 Å². The summed E-state index contributed by atoms with van der Waals surface area (Å²) < 4.78 is 18.8. The number of benzene rings is 5. The summed E-state index contributed by atoms with van der Waals surface area (Å²) in [6.07, 6.45) is -2.91. The molecule has 1 aliphatic rings. The molecule has 0 bridgehead atoms. The van der Waals surface area contributed by atoms with Gasteiger partial charge in [-0.05, 0) is 34.4 Å². The molecule has 5 aromatic carbocycles. The van der Waals surface area contributed by atoms with E-state index < -0.39 is 29.7 Å². The Bertz CT molecular complexity index is 1360. The molecule has 1 saturated heterocycles. The van der Waals surface area contributed by atoms with Crippen molar-refractivity contribution < 1.29 is 24.4 Å².